The molecule has 10 nitrogen and oxygen atoms in total. The van der Waals surface area contributed by atoms with Crippen molar-refractivity contribution in [1.29, 1.82) is 0 Å². The van der Waals surface area contributed by atoms with Gasteiger partial charge in [0, 0.05) is 43.3 Å². The number of fused-ring (bicyclic) bond motifs is 1. The maximum atomic E-state index is 13.8. The third kappa shape index (κ3) is 8.19. The molecule has 1 aliphatic heterocycles. The molecule has 1 fully saturated rings. The smallest absolute Gasteiger partial charge is 0.270 e. The number of nitrogens with one attached hydrogen (secondary N) is 2. The molecule has 0 aliphatic carbocycles. The number of aliphatic imine (C=N–C) groups is 1. The van der Waals surface area contributed by atoms with Crippen molar-refractivity contribution < 1.29 is 22.8 Å². The van der Waals surface area contributed by atoms with Gasteiger partial charge in [0.15, 0.2) is 9.84 Å². The summed E-state index contributed by atoms with van der Waals surface area (Å²) >= 11 is 0. The van der Waals surface area contributed by atoms with Crippen molar-refractivity contribution in [1.82, 2.24) is 20.5 Å². The molecular formula is C28H37N5O5S. The van der Waals surface area contributed by atoms with Crippen LogP contribution in [0.25, 0.3) is 10.9 Å². The van der Waals surface area contributed by atoms with Crippen LogP contribution in [0.3, 0.4) is 0 Å². The van der Waals surface area contributed by atoms with Gasteiger partial charge in [-0.05, 0) is 30.4 Å². The second-order valence-corrected chi connectivity index (χ2v) is 12.7. The van der Waals surface area contributed by atoms with E-state index in [9.17, 15) is 22.8 Å². The van der Waals surface area contributed by atoms with E-state index in [0.717, 1.165) is 17.1 Å². The molecule has 0 radical (unpaired) electrons. The summed E-state index contributed by atoms with van der Waals surface area (Å²) in [5.74, 6) is -1.21. The Bertz CT molecular complexity index is 1380. The van der Waals surface area contributed by atoms with E-state index in [1.165, 1.54) is 11.0 Å². The number of carbonyl (C=O) groups excluding carboxylic acids is 3. The molecule has 1 saturated heterocycles. The van der Waals surface area contributed by atoms with Crippen LogP contribution in [0.2, 0.25) is 0 Å². The third-order valence-electron chi connectivity index (χ3n) is 6.49. The Morgan fingerprint density at radius 2 is 1.87 bits per heavy atom. The molecule has 3 amide bonds. The predicted octanol–water partition coefficient (Wildman–Crippen LogP) is 2.50. The Kier molecular flexibility index (Phi) is 9.60. The molecular weight excluding hydrogens is 518 g/mol. The molecule has 2 aromatic rings. The number of hydrogen-bond acceptors (Lipinski definition) is 7. The summed E-state index contributed by atoms with van der Waals surface area (Å²) in [6.45, 7) is 5.93. The maximum absolute atomic E-state index is 13.8. The number of sulfone groups is 1. The molecule has 39 heavy (non-hydrogen) atoms. The number of rotatable bonds is 9. The number of pyridine rings is 1. The number of amides is 3. The van der Waals surface area contributed by atoms with Crippen molar-refractivity contribution in [2.75, 3.05) is 19.8 Å². The van der Waals surface area contributed by atoms with Gasteiger partial charge in [-0.2, -0.15) is 0 Å². The molecule has 0 unspecified atom stereocenters. The second kappa shape index (κ2) is 12.5. The van der Waals surface area contributed by atoms with Crippen LogP contribution in [0.1, 0.15) is 50.5 Å². The van der Waals surface area contributed by atoms with Gasteiger partial charge < -0.3 is 20.5 Å². The van der Waals surface area contributed by atoms with E-state index in [0.29, 0.717) is 31.3 Å². The van der Waals surface area contributed by atoms with Gasteiger partial charge in [-0.15, -0.1) is 0 Å². The van der Waals surface area contributed by atoms with Gasteiger partial charge in [-0.1, -0.05) is 51.1 Å². The molecule has 0 bridgehead atoms. The van der Waals surface area contributed by atoms with Gasteiger partial charge in [-0.25, -0.2) is 13.4 Å². The Balaban J connectivity index is 1.79. The van der Waals surface area contributed by atoms with Crippen molar-refractivity contribution in [3.63, 3.8) is 0 Å². The SMILES string of the molecule is C/N=C/C[C@@H](/C=C/S(C)(=O)=O)NC(=O)[C@H]1CCCN1C(=O)[C@@H](NC(=O)c1ccc2ccccc2n1)C(C)(C)C. The lowest BCUT2D eigenvalue weighted by atomic mass is 9.85. The molecule has 11 heteroatoms. The van der Waals surface area contributed by atoms with Crippen LogP contribution in [0.4, 0.5) is 0 Å². The molecule has 1 aromatic carbocycles. The average Bonchev–Trinajstić information content (AvgIpc) is 3.37. The van der Waals surface area contributed by atoms with Crippen LogP contribution in [0.15, 0.2) is 52.9 Å². The molecule has 2 heterocycles. The average molecular weight is 556 g/mol. The van der Waals surface area contributed by atoms with Crippen molar-refractivity contribution in [3.8, 4) is 0 Å². The van der Waals surface area contributed by atoms with Gasteiger partial charge in [0.25, 0.3) is 5.91 Å². The van der Waals surface area contributed by atoms with Crippen LogP contribution in [0, 0.1) is 5.41 Å². The maximum Gasteiger partial charge on any atom is 0.270 e. The molecule has 0 spiro atoms. The fourth-order valence-corrected chi connectivity index (χ4v) is 4.91. The molecule has 210 valence electrons. The summed E-state index contributed by atoms with van der Waals surface area (Å²) in [7, 11) is -1.80. The summed E-state index contributed by atoms with van der Waals surface area (Å²) in [6.07, 6.45) is 5.45. The van der Waals surface area contributed by atoms with E-state index < -0.39 is 39.3 Å². The summed E-state index contributed by atoms with van der Waals surface area (Å²) in [5.41, 5.74) is 0.225. The number of aromatic nitrogens is 1. The fraction of sp³-hybridized carbons (Fsp3) is 0.464. The predicted molar refractivity (Wildman–Crippen MR) is 152 cm³/mol. The van der Waals surface area contributed by atoms with Crippen LogP contribution in [-0.4, -0.2) is 80.2 Å². The minimum absolute atomic E-state index is 0.199. The molecule has 0 saturated carbocycles. The van der Waals surface area contributed by atoms with E-state index in [1.54, 1.807) is 19.3 Å². The first-order chi connectivity index (χ1) is 18.3. The zero-order chi connectivity index (χ0) is 28.8. The zero-order valence-corrected chi connectivity index (χ0v) is 23.9. The fourth-order valence-electron chi connectivity index (χ4n) is 4.44. The van der Waals surface area contributed by atoms with Crippen LogP contribution < -0.4 is 10.6 Å². The topological polar surface area (TPSA) is 138 Å². The van der Waals surface area contributed by atoms with Gasteiger partial charge in [-0.3, -0.25) is 14.4 Å². The minimum Gasteiger partial charge on any atom is -0.348 e. The number of para-hydroxylation sites is 1. The molecule has 1 aliphatic rings. The largest absolute Gasteiger partial charge is 0.348 e. The Morgan fingerprint density at radius 1 is 1.15 bits per heavy atom. The summed E-state index contributed by atoms with van der Waals surface area (Å²) in [5, 5.41) is 7.65. The highest BCUT2D eigenvalue weighted by Gasteiger charge is 2.42. The number of nitrogens with zero attached hydrogens (tertiary/aromatic N) is 3. The quantitative estimate of drug-likeness (QED) is 0.456. The zero-order valence-electron chi connectivity index (χ0n) is 23.0. The lowest BCUT2D eigenvalue weighted by Gasteiger charge is -2.35. The highest BCUT2D eigenvalue weighted by atomic mass is 32.2. The molecule has 2 N–H and O–H groups in total. The van der Waals surface area contributed by atoms with E-state index in [4.69, 9.17) is 0 Å². The normalized spacial score (nSPS) is 18.0. The highest BCUT2D eigenvalue weighted by Crippen LogP contribution is 2.26. The van der Waals surface area contributed by atoms with Crippen molar-refractivity contribution >= 4 is 44.7 Å². The molecule has 3 atom stereocenters. The number of carbonyl (C=O) groups is 3. The summed E-state index contributed by atoms with van der Waals surface area (Å²) in [4.78, 5) is 50.1. The highest BCUT2D eigenvalue weighted by molar-refractivity contribution is 7.93. The summed E-state index contributed by atoms with van der Waals surface area (Å²) < 4.78 is 23.2. The Hall–Kier alpha value is -3.60. The first-order valence-electron chi connectivity index (χ1n) is 12.9. The minimum atomic E-state index is -3.38. The van der Waals surface area contributed by atoms with E-state index in [-0.39, 0.29) is 17.5 Å². The van der Waals surface area contributed by atoms with E-state index in [1.807, 2.05) is 51.1 Å². The number of likely N-dealkylation sites (tertiary alicyclic amines) is 1. The monoisotopic (exact) mass is 555 g/mol. The standard InChI is InChI=1S/C28H37N5O5S/c1-28(2,3)24(32-25(34)22-13-12-19-9-6-7-10-21(19)31-22)27(36)33-17-8-11-23(33)26(35)30-20(14-16-29-4)15-18-39(5,37)38/h6-7,9-10,12-13,15-16,18,20,23-24H,8,11,14,17H2,1-5H3,(H,30,35)(H,32,34)/b18-15+,29-16+/t20-,23+,24+/m0/s1. The van der Waals surface area contributed by atoms with E-state index in [2.05, 4.69) is 20.6 Å². The first-order valence-corrected chi connectivity index (χ1v) is 14.8. The van der Waals surface area contributed by atoms with Gasteiger partial charge in [0.05, 0.1) is 11.6 Å². The number of hydrogen-bond donors (Lipinski definition) is 2. The van der Waals surface area contributed by atoms with Crippen LogP contribution in [0.5, 0.6) is 0 Å². The van der Waals surface area contributed by atoms with Crippen molar-refractivity contribution in [3.05, 3.63) is 53.6 Å². The van der Waals surface area contributed by atoms with Gasteiger partial charge in [0.1, 0.15) is 17.8 Å². The molecule has 1 aromatic heterocycles. The van der Waals surface area contributed by atoms with Crippen LogP contribution >= 0.6 is 0 Å². The van der Waals surface area contributed by atoms with Crippen LogP contribution in [-0.2, 0) is 19.4 Å². The lowest BCUT2D eigenvalue weighted by molar-refractivity contribution is -0.142. The third-order valence-corrected chi connectivity index (χ3v) is 7.14. The van der Waals surface area contributed by atoms with E-state index >= 15 is 0 Å². The Labute approximate surface area is 229 Å². The number of benzene rings is 1. The Morgan fingerprint density at radius 3 is 2.54 bits per heavy atom. The summed E-state index contributed by atoms with van der Waals surface area (Å²) in [6, 6.07) is 8.63. The van der Waals surface area contributed by atoms with Gasteiger partial charge in [0.2, 0.25) is 11.8 Å². The molecule has 3 rings (SSSR count). The lowest BCUT2D eigenvalue weighted by Crippen LogP contribution is -2.58. The van der Waals surface area contributed by atoms with Gasteiger partial charge >= 0.3 is 0 Å². The second-order valence-electron chi connectivity index (χ2n) is 10.8. The first kappa shape index (κ1) is 29.9. The van der Waals surface area contributed by atoms with Crippen molar-refractivity contribution in [2.24, 2.45) is 10.4 Å². The van der Waals surface area contributed by atoms with Crippen molar-refractivity contribution in [2.45, 2.75) is 58.2 Å².